The molecule has 0 unspecified atom stereocenters. The van der Waals surface area contributed by atoms with Crippen LogP contribution in [0.2, 0.25) is 0 Å². The van der Waals surface area contributed by atoms with E-state index in [-0.39, 0.29) is 11.8 Å². The topological polar surface area (TPSA) is 71.3 Å². The molecule has 0 saturated heterocycles. The number of rotatable bonds is 2. The van der Waals surface area contributed by atoms with Crippen molar-refractivity contribution in [2.24, 2.45) is 0 Å². The highest BCUT2D eigenvalue weighted by atomic mass is 32.1. The Kier molecular flexibility index (Phi) is 3.78. The maximum atomic E-state index is 12.2. The lowest BCUT2D eigenvalue weighted by Gasteiger charge is -2.06. The summed E-state index contributed by atoms with van der Waals surface area (Å²) in [5, 5.41) is 0. The molecule has 0 atom stereocenters. The molecule has 1 aliphatic rings. The first-order chi connectivity index (χ1) is 10.5. The fourth-order valence-corrected chi connectivity index (χ4v) is 3.95. The lowest BCUT2D eigenvalue weighted by Crippen LogP contribution is -2.41. The Labute approximate surface area is 132 Å². The summed E-state index contributed by atoms with van der Waals surface area (Å²) < 4.78 is 5.43. The fourth-order valence-electron chi connectivity index (χ4n) is 2.81. The van der Waals surface area contributed by atoms with Crippen molar-refractivity contribution in [1.29, 1.82) is 0 Å². The second-order valence-electron chi connectivity index (χ2n) is 5.54. The summed E-state index contributed by atoms with van der Waals surface area (Å²) in [5.74, 6) is 0.632. The van der Waals surface area contributed by atoms with Gasteiger partial charge in [-0.25, -0.2) is 0 Å². The van der Waals surface area contributed by atoms with Gasteiger partial charge in [-0.05, 0) is 51.7 Å². The van der Waals surface area contributed by atoms with Crippen molar-refractivity contribution in [3.05, 3.63) is 44.0 Å². The standard InChI is InChI=1S/C16H18N2O3S/c1-8-9(2)21-10(3)14(8)16(20)18-17-15(19)13-7-11-5-4-6-12(11)22-13/h7H,4-6H2,1-3H3,(H,17,19)(H,18,20). The summed E-state index contributed by atoms with van der Waals surface area (Å²) in [7, 11) is 0. The summed E-state index contributed by atoms with van der Waals surface area (Å²) in [6.45, 7) is 5.37. The van der Waals surface area contributed by atoms with Crippen LogP contribution in [0.15, 0.2) is 10.5 Å². The molecule has 6 heteroatoms. The third kappa shape index (κ3) is 2.54. The Morgan fingerprint density at radius 2 is 1.82 bits per heavy atom. The Bertz CT molecular complexity index is 736. The lowest BCUT2D eigenvalue weighted by atomic mass is 10.1. The molecule has 2 heterocycles. The minimum atomic E-state index is -0.357. The number of amides is 2. The number of carbonyl (C=O) groups is 2. The van der Waals surface area contributed by atoms with Gasteiger partial charge in [-0.3, -0.25) is 20.4 Å². The molecule has 2 amide bonds. The van der Waals surface area contributed by atoms with E-state index in [1.165, 1.54) is 21.8 Å². The van der Waals surface area contributed by atoms with Crippen LogP contribution in [-0.2, 0) is 12.8 Å². The first kappa shape index (κ1) is 14.8. The van der Waals surface area contributed by atoms with E-state index in [0.717, 1.165) is 24.8 Å². The van der Waals surface area contributed by atoms with Gasteiger partial charge in [0.25, 0.3) is 11.8 Å². The summed E-state index contributed by atoms with van der Waals surface area (Å²) in [4.78, 5) is 26.2. The van der Waals surface area contributed by atoms with E-state index in [1.807, 2.05) is 19.9 Å². The predicted octanol–water partition coefficient (Wildman–Crippen LogP) is 2.83. The molecule has 2 aromatic heterocycles. The van der Waals surface area contributed by atoms with Crippen LogP contribution in [0.5, 0.6) is 0 Å². The number of hydrogen-bond acceptors (Lipinski definition) is 4. The van der Waals surface area contributed by atoms with Crippen LogP contribution in [0.3, 0.4) is 0 Å². The van der Waals surface area contributed by atoms with Gasteiger partial charge in [-0.1, -0.05) is 0 Å². The van der Waals surface area contributed by atoms with Gasteiger partial charge in [0, 0.05) is 10.4 Å². The van der Waals surface area contributed by atoms with Gasteiger partial charge in [-0.15, -0.1) is 11.3 Å². The zero-order chi connectivity index (χ0) is 15.9. The Hall–Kier alpha value is -2.08. The van der Waals surface area contributed by atoms with E-state index in [0.29, 0.717) is 22.0 Å². The molecule has 0 bridgehead atoms. The average Bonchev–Trinajstić information content (AvgIpc) is 3.11. The molecular formula is C16H18N2O3S. The van der Waals surface area contributed by atoms with Gasteiger partial charge in [0.2, 0.25) is 0 Å². The molecule has 0 aliphatic heterocycles. The quantitative estimate of drug-likeness (QED) is 0.836. The average molecular weight is 318 g/mol. The second kappa shape index (κ2) is 5.61. The maximum absolute atomic E-state index is 12.2. The fraction of sp³-hybridized carbons (Fsp3) is 0.375. The minimum Gasteiger partial charge on any atom is -0.466 e. The van der Waals surface area contributed by atoms with Crippen LogP contribution in [0.1, 0.15) is 54.0 Å². The van der Waals surface area contributed by atoms with Crippen molar-refractivity contribution in [3.8, 4) is 0 Å². The summed E-state index contributed by atoms with van der Waals surface area (Å²) >= 11 is 1.51. The molecule has 3 rings (SSSR count). The van der Waals surface area contributed by atoms with Crippen LogP contribution in [-0.4, -0.2) is 11.8 Å². The van der Waals surface area contributed by atoms with Crippen LogP contribution in [0.25, 0.3) is 0 Å². The molecule has 0 saturated carbocycles. The third-order valence-corrected chi connectivity index (χ3v) is 5.28. The highest BCUT2D eigenvalue weighted by Crippen LogP contribution is 2.30. The molecule has 2 aromatic rings. The summed E-state index contributed by atoms with van der Waals surface area (Å²) in [6, 6.07) is 1.92. The van der Waals surface area contributed by atoms with Gasteiger partial charge in [0.05, 0.1) is 10.4 Å². The third-order valence-electron chi connectivity index (χ3n) is 4.05. The van der Waals surface area contributed by atoms with Crippen LogP contribution < -0.4 is 10.9 Å². The number of fused-ring (bicyclic) bond motifs is 1. The highest BCUT2D eigenvalue weighted by molar-refractivity contribution is 7.14. The Balaban J connectivity index is 1.66. The van der Waals surface area contributed by atoms with Crippen molar-refractivity contribution in [3.63, 3.8) is 0 Å². The summed E-state index contributed by atoms with van der Waals surface area (Å²) in [6.07, 6.45) is 3.25. The normalized spacial score (nSPS) is 13.0. The first-order valence-corrected chi connectivity index (χ1v) is 8.08. The Morgan fingerprint density at radius 3 is 2.45 bits per heavy atom. The zero-order valence-corrected chi connectivity index (χ0v) is 13.6. The van der Waals surface area contributed by atoms with E-state index < -0.39 is 0 Å². The minimum absolute atomic E-state index is 0.275. The number of nitrogens with one attached hydrogen (secondary N) is 2. The van der Waals surface area contributed by atoms with E-state index in [2.05, 4.69) is 10.9 Å². The molecule has 0 fully saturated rings. The monoisotopic (exact) mass is 318 g/mol. The van der Waals surface area contributed by atoms with E-state index in [1.54, 1.807) is 6.92 Å². The second-order valence-corrected chi connectivity index (χ2v) is 6.67. The van der Waals surface area contributed by atoms with Crippen molar-refractivity contribution >= 4 is 23.2 Å². The molecule has 0 spiro atoms. The zero-order valence-electron chi connectivity index (χ0n) is 12.8. The molecular weight excluding hydrogens is 300 g/mol. The number of hydrazine groups is 1. The molecule has 5 nitrogen and oxygen atoms in total. The molecule has 0 radical (unpaired) electrons. The van der Waals surface area contributed by atoms with E-state index in [9.17, 15) is 9.59 Å². The number of carbonyl (C=O) groups excluding carboxylic acids is 2. The number of aryl methyl sites for hydroxylation is 4. The van der Waals surface area contributed by atoms with Crippen molar-refractivity contribution in [1.82, 2.24) is 10.9 Å². The van der Waals surface area contributed by atoms with E-state index >= 15 is 0 Å². The number of hydrogen-bond donors (Lipinski definition) is 2. The van der Waals surface area contributed by atoms with Crippen LogP contribution in [0.4, 0.5) is 0 Å². The first-order valence-electron chi connectivity index (χ1n) is 7.26. The number of furan rings is 1. The Morgan fingerprint density at radius 1 is 1.09 bits per heavy atom. The predicted molar refractivity (Wildman–Crippen MR) is 84.2 cm³/mol. The smallest absolute Gasteiger partial charge is 0.279 e. The van der Waals surface area contributed by atoms with Gasteiger partial charge < -0.3 is 4.42 Å². The molecule has 116 valence electrons. The van der Waals surface area contributed by atoms with Gasteiger partial charge >= 0.3 is 0 Å². The molecule has 22 heavy (non-hydrogen) atoms. The lowest BCUT2D eigenvalue weighted by molar-refractivity contribution is 0.0847. The van der Waals surface area contributed by atoms with Crippen LogP contribution >= 0.6 is 11.3 Å². The van der Waals surface area contributed by atoms with Gasteiger partial charge in [0.1, 0.15) is 11.5 Å². The highest BCUT2D eigenvalue weighted by Gasteiger charge is 2.21. The molecule has 1 aliphatic carbocycles. The number of thiophene rings is 1. The summed E-state index contributed by atoms with van der Waals surface area (Å²) in [5.41, 5.74) is 7.48. The van der Waals surface area contributed by atoms with E-state index in [4.69, 9.17) is 4.42 Å². The van der Waals surface area contributed by atoms with Gasteiger partial charge in [-0.2, -0.15) is 0 Å². The van der Waals surface area contributed by atoms with Gasteiger partial charge in [0.15, 0.2) is 0 Å². The maximum Gasteiger partial charge on any atom is 0.279 e. The van der Waals surface area contributed by atoms with Crippen molar-refractivity contribution < 1.29 is 14.0 Å². The molecule has 0 aromatic carbocycles. The molecule has 2 N–H and O–H groups in total. The van der Waals surface area contributed by atoms with Crippen molar-refractivity contribution in [2.75, 3.05) is 0 Å². The SMILES string of the molecule is Cc1oc(C)c(C(=O)NNC(=O)c2cc3c(s2)CCC3)c1C. The van der Waals surface area contributed by atoms with Crippen LogP contribution in [0, 0.1) is 20.8 Å². The largest absolute Gasteiger partial charge is 0.466 e. The van der Waals surface area contributed by atoms with Crippen molar-refractivity contribution in [2.45, 2.75) is 40.0 Å².